The summed E-state index contributed by atoms with van der Waals surface area (Å²) in [6, 6.07) is 18.6. The van der Waals surface area contributed by atoms with Gasteiger partial charge in [-0.1, -0.05) is 54.6 Å². The van der Waals surface area contributed by atoms with E-state index in [1.807, 2.05) is 42.5 Å². The van der Waals surface area contributed by atoms with Gasteiger partial charge < -0.3 is 9.47 Å². The Bertz CT molecular complexity index is 561. The molecule has 0 heterocycles. The Morgan fingerprint density at radius 3 is 2.20 bits per heavy atom. The Morgan fingerprint density at radius 1 is 1.00 bits per heavy atom. The first-order valence-corrected chi connectivity index (χ1v) is 6.31. The average Bonchev–Trinajstić information content (AvgIpc) is 2.53. The van der Waals surface area contributed by atoms with E-state index < -0.39 is 12.3 Å². The number of carbonyl (C=O) groups is 1. The van der Waals surface area contributed by atoms with E-state index in [9.17, 15) is 4.79 Å². The predicted octanol–water partition coefficient (Wildman–Crippen LogP) is 3.53. The molecule has 0 aliphatic rings. The van der Waals surface area contributed by atoms with Crippen LogP contribution in [0.4, 0.5) is 0 Å². The van der Waals surface area contributed by atoms with Crippen molar-refractivity contribution in [2.75, 3.05) is 7.11 Å². The first kappa shape index (κ1) is 14.0. The number of hydrogen-bond donors (Lipinski definition) is 0. The molecule has 0 aliphatic carbocycles. The average molecular weight is 268 g/mol. The molecule has 3 heteroatoms. The third-order valence-corrected chi connectivity index (χ3v) is 2.71. The van der Waals surface area contributed by atoms with Crippen molar-refractivity contribution in [3.8, 4) is 0 Å². The molecule has 1 unspecified atom stereocenters. The van der Waals surface area contributed by atoms with E-state index in [1.165, 1.54) is 7.11 Å². The lowest BCUT2D eigenvalue weighted by atomic mass is 10.2. The molecule has 1 atom stereocenters. The van der Waals surface area contributed by atoms with Crippen molar-refractivity contribution >= 4 is 12.0 Å². The summed E-state index contributed by atoms with van der Waals surface area (Å²) in [6.45, 7) is 0. The molecule has 0 N–H and O–H groups in total. The summed E-state index contributed by atoms with van der Waals surface area (Å²) in [5.41, 5.74) is 1.52. The van der Waals surface area contributed by atoms with E-state index >= 15 is 0 Å². The lowest BCUT2D eigenvalue weighted by Gasteiger charge is -2.12. The second-order valence-corrected chi connectivity index (χ2v) is 4.15. The smallest absolute Gasteiger partial charge is 0.340 e. The Hall–Kier alpha value is -2.39. The molecule has 0 spiro atoms. The maximum absolute atomic E-state index is 11.9. The molecule has 0 aromatic heterocycles. The summed E-state index contributed by atoms with van der Waals surface area (Å²) in [4.78, 5) is 11.9. The van der Waals surface area contributed by atoms with Crippen LogP contribution in [0.15, 0.2) is 66.7 Å². The Labute approximate surface area is 118 Å². The van der Waals surface area contributed by atoms with Crippen molar-refractivity contribution < 1.29 is 14.3 Å². The van der Waals surface area contributed by atoms with E-state index in [-0.39, 0.29) is 0 Å². The van der Waals surface area contributed by atoms with Crippen molar-refractivity contribution in [3.63, 3.8) is 0 Å². The molecule has 0 radical (unpaired) electrons. The standard InChI is InChI=1S/C17H16O3/c1-19-16(13-12-14-8-4-2-5-9-14)20-17(18)15-10-6-3-7-11-15/h2-13,16H,1H3/b13-12-. The predicted molar refractivity (Wildman–Crippen MR) is 78.1 cm³/mol. The van der Waals surface area contributed by atoms with Gasteiger partial charge in [0.2, 0.25) is 6.29 Å². The molecule has 0 bridgehead atoms. The van der Waals surface area contributed by atoms with Crippen molar-refractivity contribution in [3.05, 3.63) is 77.9 Å². The third-order valence-electron chi connectivity index (χ3n) is 2.71. The fourth-order valence-corrected chi connectivity index (χ4v) is 1.67. The minimum Gasteiger partial charge on any atom is -0.428 e. The molecular formula is C17H16O3. The maximum Gasteiger partial charge on any atom is 0.340 e. The van der Waals surface area contributed by atoms with Gasteiger partial charge in [-0.3, -0.25) is 0 Å². The molecule has 0 saturated carbocycles. The number of ether oxygens (including phenoxy) is 2. The zero-order valence-corrected chi connectivity index (χ0v) is 11.2. The maximum atomic E-state index is 11.9. The normalized spacial score (nSPS) is 12.2. The topological polar surface area (TPSA) is 35.5 Å². The van der Waals surface area contributed by atoms with Gasteiger partial charge >= 0.3 is 5.97 Å². The number of methoxy groups -OCH3 is 1. The van der Waals surface area contributed by atoms with Crippen LogP contribution in [0, 0.1) is 0 Å². The van der Waals surface area contributed by atoms with Crippen LogP contribution in [0.25, 0.3) is 6.08 Å². The fraction of sp³-hybridized carbons (Fsp3) is 0.118. The van der Waals surface area contributed by atoms with Crippen molar-refractivity contribution in [1.29, 1.82) is 0 Å². The molecule has 0 saturated heterocycles. The van der Waals surface area contributed by atoms with Gasteiger partial charge in [-0.25, -0.2) is 4.79 Å². The lowest BCUT2D eigenvalue weighted by Crippen LogP contribution is -2.17. The van der Waals surface area contributed by atoms with Crippen LogP contribution in [0.1, 0.15) is 15.9 Å². The van der Waals surface area contributed by atoms with Gasteiger partial charge in [0.15, 0.2) is 0 Å². The van der Waals surface area contributed by atoms with Gasteiger partial charge in [-0.05, 0) is 23.8 Å². The van der Waals surface area contributed by atoms with Crippen LogP contribution in [0.2, 0.25) is 0 Å². The van der Waals surface area contributed by atoms with Gasteiger partial charge in [0.05, 0.1) is 5.56 Å². The summed E-state index contributed by atoms with van der Waals surface area (Å²) in [7, 11) is 1.50. The second kappa shape index (κ2) is 7.26. The SMILES string of the molecule is COC(/C=C\c1ccccc1)OC(=O)c1ccccc1. The highest BCUT2D eigenvalue weighted by molar-refractivity contribution is 5.89. The molecule has 0 fully saturated rings. The van der Waals surface area contributed by atoms with Gasteiger partial charge in [0.1, 0.15) is 0 Å². The Morgan fingerprint density at radius 2 is 1.60 bits per heavy atom. The molecule has 0 amide bonds. The zero-order valence-electron chi connectivity index (χ0n) is 11.2. The van der Waals surface area contributed by atoms with Crippen molar-refractivity contribution in [2.45, 2.75) is 6.29 Å². The number of hydrogen-bond acceptors (Lipinski definition) is 3. The van der Waals surface area contributed by atoms with Crippen LogP contribution in [-0.2, 0) is 9.47 Å². The third kappa shape index (κ3) is 4.07. The molecule has 2 aromatic carbocycles. The van der Waals surface area contributed by atoms with Gasteiger partial charge in [-0.15, -0.1) is 0 Å². The second-order valence-electron chi connectivity index (χ2n) is 4.15. The van der Waals surface area contributed by atoms with Gasteiger partial charge in [-0.2, -0.15) is 0 Å². The zero-order chi connectivity index (χ0) is 14.2. The fourth-order valence-electron chi connectivity index (χ4n) is 1.67. The number of rotatable bonds is 5. The lowest BCUT2D eigenvalue weighted by molar-refractivity contribution is -0.0591. The van der Waals surface area contributed by atoms with Crippen LogP contribution < -0.4 is 0 Å². The number of carbonyl (C=O) groups excluding carboxylic acids is 1. The van der Waals surface area contributed by atoms with Crippen LogP contribution in [0.5, 0.6) is 0 Å². The first-order chi connectivity index (χ1) is 9.79. The summed E-state index contributed by atoms with van der Waals surface area (Å²) in [5, 5.41) is 0. The molecule has 0 aliphatic heterocycles. The summed E-state index contributed by atoms with van der Waals surface area (Å²) < 4.78 is 10.4. The Kier molecular flexibility index (Phi) is 5.09. The molecular weight excluding hydrogens is 252 g/mol. The highest BCUT2D eigenvalue weighted by Gasteiger charge is 2.12. The molecule has 2 rings (SSSR count). The van der Waals surface area contributed by atoms with Gasteiger partial charge in [0, 0.05) is 7.11 Å². The van der Waals surface area contributed by atoms with Crippen molar-refractivity contribution in [2.24, 2.45) is 0 Å². The minimum atomic E-state index is -0.706. The molecule has 3 nitrogen and oxygen atoms in total. The minimum absolute atomic E-state index is 0.407. The molecule has 2 aromatic rings. The van der Waals surface area contributed by atoms with E-state index in [0.717, 1.165) is 5.56 Å². The summed E-state index contributed by atoms with van der Waals surface area (Å²) >= 11 is 0. The van der Waals surface area contributed by atoms with E-state index in [0.29, 0.717) is 5.56 Å². The summed E-state index contributed by atoms with van der Waals surface area (Å²) in [5.74, 6) is -0.407. The number of esters is 1. The quantitative estimate of drug-likeness (QED) is 0.614. The molecule has 102 valence electrons. The first-order valence-electron chi connectivity index (χ1n) is 6.31. The van der Waals surface area contributed by atoms with E-state index in [2.05, 4.69) is 0 Å². The van der Waals surface area contributed by atoms with Crippen LogP contribution >= 0.6 is 0 Å². The largest absolute Gasteiger partial charge is 0.428 e. The van der Waals surface area contributed by atoms with Gasteiger partial charge in [0.25, 0.3) is 0 Å². The van der Waals surface area contributed by atoms with Crippen LogP contribution in [-0.4, -0.2) is 19.4 Å². The highest BCUT2D eigenvalue weighted by Crippen LogP contribution is 2.08. The van der Waals surface area contributed by atoms with E-state index in [1.54, 1.807) is 30.3 Å². The summed E-state index contributed by atoms with van der Waals surface area (Å²) in [6.07, 6.45) is 2.85. The highest BCUT2D eigenvalue weighted by atomic mass is 16.7. The van der Waals surface area contributed by atoms with E-state index in [4.69, 9.17) is 9.47 Å². The number of benzene rings is 2. The molecule has 20 heavy (non-hydrogen) atoms. The monoisotopic (exact) mass is 268 g/mol. The Balaban J connectivity index is 1.99. The van der Waals surface area contributed by atoms with Crippen molar-refractivity contribution in [1.82, 2.24) is 0 Å². The van der Waals surface area contributed by atoms with Crippen LogP contribution in [0.3, 0.4) is 0 Å².